The van der Waals surface area contributed by atoms with Crippen molar-refractivity contribution in [2.75, 3.05) is 0 Å². The molecular weight excluding hydrogens is 184 g/mol. The molecule has 3 rings (SSSR count). The number of hydrogen-bond donors (Lipinski definition) is 0. The minimum atomic E-state index is 0.221. The van der Waals surface area contributed by atoms with Crippen LogP contribution in [0.25, 0.3) is 0 Å². The largest absolute Gasteiger partial charge is 0.299 e. The van der Waals surface area contributed by atoms with Crippen molar-refractivity contribution in [2.45, 2.75) is 31.6 Å². The van der Waals surface area contributed by atoms with Crippen LogP contribution in [0.2, 0.25) is 0 Å². The molecule has 0 N–H and O–H groups in total. The summed E-state index contributed by atoms with van der Waals surface area (Å²) in [6.07, 6.45) is 4.70. The molecule has 0 aromatic heterocycles. The Hall–Kier alpha value is -1.11. The number of carbonyl (C=O) groups excluding carboxylic acids is 1. The molecule has 2 saturated carbocycles. The van der Waals surface area contributed by atoms with E-state index in [1.807, 2.05) is 18.2 Å². The van der Waals surface area contributed by atoms with Crippen molar-refractivity contribution in [1.82, 2.24) is 0 Å². The van der Waals surface area contributed by atoms with E-state index in [1.165, 1.54) is 24.8 Å². The van der Waals surface area contributed by atoms with Gasteiger partial charge in [-0.25, -0.2) is 0 Å². The van der Waals surface area contributed by atoms with Crippen LogP contribution in [0.4, 0.5) is 0 Å². The van der Waals surface area contributed by atoms with Crippen LogP contribution in [0.15, 0.2) is 30.3 Å². The summed E-state index contributed by atoms with van der Waals surface area (Å²) in [6, 6.07) is 10.3. The highest BCUT2D eigenvalue weighted by Gasteiger charge is 2.44. The monoisotopic (exact) mass is 200 g/mol. The molecule has 1 heteroatoms. The normalized spacial score (nSPS) is 34.4. The molecule has 0 bridgehead atoms. The Morgan fingerprint density at radius 3 is 2.67 bits per heavy atom. The molecule has 2 aliphatic rings. The van der Waals surface area contributed by atoms with Crippen LogP contribution in [0, 0.1) is 11.8 Å². The van der Waals surface area contributed by atoms with Gasteiger partial charge in [0.2, 0.25) is 0 Å². The molecule has 0 aliphatic heterocycles. The van der Waals surface area contributed by atoms with Crippen molar-refractivity contribution in [3.63, 3.8) is 0 Å². The Morgan fingerprint density at radius 1 is 1.07 bits per heavy atom. The molecule has 0 amide bonds. The fourth-order valence-corrected chi connectivity index (χ4v) is 3.48. The van der Waals surface area contributed by atoms with Crippen molar-refractivity contribution in [1.29, 1.82) is 0 Å². The highest BCUT2D eigenvalue weighted by molar-refractivity contribution is 5.88. The molecule has 2 fully saturated rings. The summed E-state index contributed by atoms with van der Waals surface area (Å²) in [7, 11) is 0. The molecule has 1 nitrogen and oxygen atoms in total. The third-order valence-corrected chi connectivity index (χ3v) is 4.11. The molecule has 3 atom stereocenters. The van der Waals surface area contributed by atoms with Gasteiger partial charge in [0.15, 0.2) is 0 Å². The highest BCUT2D eigenvalue weighted by Crippen LogP contribution is 2.49. The summed E-state index contributed by atoms with van der Waals surface area (Å²) in [4.78, 5) is 12.0. The second kappa shape index (κ2) is 3.48. The van der Waals surface area contributed by atoms with Gasteiger partial charge in [-0.3, -0.25) is 4.79 Å². The predicted molar refractivity (Wildman–Crippen MR) is 59.6 cm³/mol. The average Bonchev–Trinajstić information content (AvgIpc) is 2.78. The van der Waals surface area contributed by atoms with E-state index in [2.05, 4.69) is 12.1 Å². The van der Waals surface area contributed by atoms with Gasteiger partial charge in [-0.15, -0.1) is 0 Å². The zero-order chi connectivity index (χ0) is 10.3. The maximum atomic E-state index is 12.0. The van der Waals surface area contributed by atoms with Crippen molar-refractivity contribution in [2.24, 2.45) is 11.8 Å². The molecule has 15 heavy (non-hydrogen) atoms. The van der Waals surface area contributed by atoms with E-state index >= 15 is 0 Å². The van der Waals surface area contributed by atoms with Crippen LogP contribution in [0.1, 0.15) is 37.2 Å². The third-order valence-electron chi connectivity index (χ3n) is 4.11. The molecule has 1 aromatic rings. The summed E-state index contributed by atoms with van der Waals surface area (Å²) in [5.74, 6) is 2.05. The topological polar surface area (TPSA) is 17.1 Å². The van der Waals surface area contributed by atoms with Crippen molar-refractivity contribution >= 4 is 5.78 Å². The Bertz CT molecular complexity index is 368. The summed E-state index contributed by atoms with van der Waals surface area (Å²) in [6.45, 7) is 0. The lowest BCUT2D eigenvalue weighted by Crippen LogP contribution is -2.12. The van der Waals surface area contributed by atoms with Gasteiger partial charge in [0, 0.05) is 12.3 Å². The molecule has 0 unspecified atom stereocenters. The van der Waals surface area contributed by atoms with Crippen LogP contribution in [-0.2, 0) is 4.79 Å². The second-order valence-electron chi connectivity index (χ2n) is 4.91. The molecular formula is C14H16O. The number of ketones is 1. The average molecular weight is 200 g/mol. The Labute approximate surface area is 90.5 Å². The minimum Gasteiger partial charge on any atom is -0.299 e. The molecule has 0 radical (unpaired) electrons. The van der Waals surface area contributed by atoms with Gasteiger partial charge in [-0.2, -0.15) is 0 Å². The van der Waals surface area contributed by atoms with E-state index in [0.29, 0.717) is 17.6 Å². The lowest BCUT2D eigenvalue weighted by atomic mass is 9.86. The number of fused-ring (bicyclic) bond motifs is 1. The fraction of sp³-hybridized carbons (Fsp3) is 0.500. The van der Waals surface area contributed by atoms with Gasteiger partial charge in [0.05, 0.1) is 0 Å². The number of rotatable bonds is 1. The van der Waals surface area contributed by atoms with E-state index in [0.717, 1.165) is 6.42 Å². The van der Waals surface area contributed by atoms with Gasteiger partial charge in [-0.1, -0.05) is 36.8 Å². The van der Waals surface area contributed by atoms with Crippen LogP contribution < -0.4 is 0 Å². The van der Waals surface area contributed by atoms with Gasteiger partial charge < -0.3 is 0 Å². The molecule has 0 saturated heterocycles. The van der Waals surface area contributed by atoms with E-state index < -0.39 is 0 Å². The summed E-state index contributed by atoms with van der Waals surface area (Å²) in [5.41, 5.74) is 1.25. The first-order valence-corrected chi connectivity index (χ1v) is 5.94. The Balaban J connectivity index is 1.95. The first-order valence-electron chi connectivity index (χ1n) is 5.94. The van der Waals surface area contributed by atoms with E-state index in [4.69, 9.17) is 0 Å². The van der Waals surface area contributed by atoms with E-state index in [9.17, 15) is 4.79 Å². The van der Waals surface area contributed by atoms with E-state index in [-0.39, 0.29) is 5.92 Å². The number of benzene rings is 1. The molecule has 0 heterocycles. The van der Waals surface area contributed by atoms with Crippen molar-refractivity contribution in [3.8, 4) is 0 Å². The van der Waals surface area contributed by atoms with Crippen LogP contribution >= 0.6 is 0 Å². The Kier molecular flexibility index (Phi) is 2.12. The molecule has 78 valence electrons. The lowest BCUT2D eigenvalue weighted by Gasteiger charge is -2.17. The zero-order valence-corrected chi connectivity index (χ0v) is 8.86. The maximum absolute atomic E-state index is 12.0. The van der Waals surface area contributed by atoms with Crippen molar-refractivity contribution in [3.05, 3.63) is 35.9 Å². The quantitative estimate of drug-likeness (QED) is 0.680. The summed E-state index contributed by atoms with van der Waals surface area (Å²) < 4.78 is 0. The number of Topliss-reactive ketones (excluding diaryl/α,β-unsaturated/α-hetero) is 1. The van der Waals surface area contributed by atoms with Gasteiger partial charge in [0.25, 0.3) is 0 Å². The maximum Gasteiger partial charge on any atom is 0.140 e. The molecule has 2 aliphatic carbocycles. The molecule has 0 spiro atoms. The minimum absolute atomic E-state index is 0.221. The summed E-state index contributed by atoms with van der Waals surface area (Å²) in [5, 5.41) is 0. The fourth-order valence-electron chi connectivity index (χ4n) is 3.48. The highest BCUT2D eigenvalue weighted by atomic mass is 16.1. The second-order valence-corrected chi connectivity index (χ2v) is 4.91. The third kappa shape index (κ3) is 1.41. The smallest absolute Gasteiger partial charge is 0.140 e. The van der Waals surface area contributed by atoms with Gasteiger partial charge in [0.1, 0.15) is 5.78 Å². The van der Waals surface area contributed by atoms with Gasteiger partial charge in [-0.05, 0) is 30.2 Å². The first kappa shape index (κ1) is 9.14. The van der Waals surface area contributed by atoms with Crippen LogP contribution in [0.3, 0.4) is 0 Å². The Morgan fingerprint density at radius 2 is 1.87 bits per heavy atom. The standard InChI is InChI=1S/C14H16O/c15-13-9-11-7-4-8-12(11)14(13)10-5-2-1-3-6-10/h1-3,5-6,11-12,14H,4,7-9H2/t11-,12-,14+/m0/s1. The van der Waals surface area contributed by atoms with Gasteiger partial charge >= 0.3 is 0 Å². The first-order chi connectivity index (χ1) is 7.36. The zero-order valence-electron chi connectivity index (χ0n) is 8.86. The SMILES string of the molecule is O=C1C[C@@H]2CCC[C@@H]2[C@H]1c1ccccc1. The lowest BCUT2D eigenvalue weighted by molar-refractivity contribution is -0.119. The van der Waals surface area contributed by atoms with Crippen LogP contribution in [0.5, 0.6) is 0 Å². The number of carbonyl (C=O) groups is 1. The van der Waals surface area contributed by atoms with Crippen molar-refractivity contribution < 1.29 is 4.79 Å². The van der Waals surface area contributed by atoms with E-state index in [1.54, 1.807) is 0 Å². The number of hydrogen-bond acceptors (Lipinski definition) is 1. The summed E-state index contributed by atoms with van der Waals surface area (Å²) >= 11 is 0. The predicted octanol–water partition coefficient (Wildman–Crippen LogP) is 3.16. The van der Waals surface area contributed by atoms with Crippen LogP contribution in [-0.4, -0.2) is 5.78 Å². The molecule has 1 aromatic carbocycles.